The molecule has 0 aliphatic heterocycles. The fourth-order valence-electron chi connectivity index (χ4n) is 3.52. The van der Waals surface area contributed by atoms with Crippen molar-refractivity contribution in [3.05, 3.63) is 70.8 Å². The predicted octanol–water partition coefficient (Wildman–Crippen LogP) is 4.55. The predicted molar refractivity (Wildman–Crippen MR) is 124 cm³/mol. The Kier molecular flexibility index (Phi) is 7.95. The second kappa shape index (κ2) is 10.7. The third-order valence-corrected chi connectivity index (χ3v) is 6.10. The minimum Gasteiger partial charge on any atom is -0.755 e. The third-order valence-electron chi connectivity index (χ3n) is 5.07. The fraction of sp³-hybridized carbons (Fsp3) is 0.261. The molecule has 0 saturated carbocycles. The summed E-state index contributed by atoms with van der Waals surface area (Å²) in [6.45, 7) is 3.72. The molecule has 3 rings (SSSR count). The lowest BCUT2D eigenvalue weighted by atomic mass is 10.0. The number of hydrogen-bond acceptors (Lipinski definition) is 5. The fourth-order valence-corrected chi connectivity index (χ4v) is 4.29. The molecule has 0 aliphatic rings. The minimum atomic E-state index is -2.73. The summed E-state index contributed by atoms with van der Waals surface area (Å²) in [5, 5.41) is 0.201. The molecular formula is C23H23ClN3O4S-. The van der Waals surface area contributed by atoms with Gasteiger partial charge >= 0.3 is 0 Å². The molecule has 0 bridgehead atoms. The second-order valence-electron chi connectivity index (χ2n) is 7.26. The monoisotopic (exact) mass is 472 g/mol. The van der Waals surface area contributed by atoms with Crippen molar-refractivity contribution >= 4 is 40.7 Å². The molecule has 1 atom stereocenters. The standard InChI is InChI=1S/C23H24ClN3O4S/c1-3-4-9-22-25-23(24)21(15-28)26(22)14-17-10-12-18(13-11-17)19-7-5-6-8-20(19)27(16(2)29)32(30)31/h5-8,10-13,15H,3-4,9,14H2,1-2H3,(H,30,31)/p-1. The van der Waals surface area contributed by atoms with E-state index in [1.165, 1.54) is 6.92 Å². The topological polar surface area (TPSA) is 95.3 Å². The normalized spacial score (nSPS) is 11.9. The van der Waals surface area contributed by atoms with E-state index in [0.29, 0.717) is 17.8 Å². The highest BCUT2D eigenvalue weighted by Gasteiger charge is 2.18. The van der Waals surface area contributed by atoms with Crippen LogP contribution in [0.1, 0.15) is 48.6 Å². The number of halogens is 1. The first-order valence-corrected chi connectivity index (χ1v) is 11.6. The average molecular weight is 473 g/mol. The van der Waals surface area contributed by atoms with E-state index >= 15 is 0 Å². The van der Waals surface area contributed by atoms with Crippen LogP contribution >= 0.6 is 11.6 Å². The van der Waals surface area contributed by atoms with E-state index in [2.05, 4.69) is 11.9 Å². The summed E-state index contributed by atoms with van der Waals surface area (Å²) in [6.07, 6.45) is 3.38. The molecule has 1 amide bonds. The van der Waals surface area contributed by atoms with Gasteiger partial charge in [0.15, 0.2) is 11.4 Å². The van der Waals surface area contributed by atoms with Crippen LogP contribution in [0.2, 0.25) is 5.15 Å². The van der Waals surface area contributed by atoms with Crippen LogP contribution in [0.25, 0.3) is 11.1 Å². The number of unbranched alkanes of at least 4 members (excludes halogenated alkanes) is 1. The van der Waals surface area contributed by atoms with E-state index in [1.807, 2.05) is 28.8 Å². The summed E-state index contributed by atoms with van der Waals surface area (Å²) in [7, 11) is 0. The molecule has 0 saturated heterocycles. The zero-order chi connectivity index (χ0) is 23.3. The number of aromatic nitrogens is 2. The first-order valence-electron chi connectivity index (χ1n) is 10.2. The van der Waals surface area contributed by atoms with Crippen molar-refractivity contribution in [2.45, 2.75) is 39.7 Å². The number of amides is 1. The number of aryl methyl sites for hydroxylation is 1. The van der Waals surface area contributed by atoms with Crippen LogP contribution in [0.3, 0.4) is 0 Å². The number of rotatable bonds is 9. The molecule has 0 fully saturated rings. The van der Waals surface area contributed by atoms with E-state index in [1.54, 1.807) is 24.3 Å². The quantitative estimate of drug-likeness (QED) is 0.336. The van der Waals surface area contributed by atoms with E-state index < -0.39 is 17.2 Å². The molecule has 1 aromatic heterocycles. The van der Waals surface area contributed by atoms with Crippen LogP contribution in [0.4, 0.5) is 5.69 Å². The van der Waals surface area contributed by atoms with Gasteiger partial charge in [0.05, 0.1) is 17.0 Å². The zero-order valence-corrected chi connectivity index (χ0v) is 19.4. The molecule has 0 radical (unpaired) electrons. The molecule has 3 aromatic rings. The Morgan fingerprint density at radius 3 is 2.50 bits per heavy atom. The van der Waals surface area contributed by atoms with Gasteiger partial charge in [-0.3, -0.25) is 13.8 Å². The van der Waals surface area contributed by atoms with Gasteiger partial charge in [0.1, 0.15) is 11.5 Å². The smallest absolute Gasteiger partial charge is 0.235 e. The van der Waals surface area contributed by atoms with Crippen molar-refractivity contribution in [1.29, 1.82) is 0 Å². The van der Waals surface area contributed by atoms with E-state index in [4.69, 9.17) is 11.6 Å². The van der Waals surface area contributed by atoms with Crippen LogP contribution < -0.4 is 4.31 Å². The number of para-hydroxylation sites is 1. The van der Waals surface area contributed by atoms with Crippen molar-refractivity contribution < 1.29 is 18.4 Å². The molecule has 0 N–H and O–H groups in total. The Bertz CT molecular complexity index is 1130. The van der Waals surface area contributed by atoms with E-state index in [-0.39, 0.29) is 10.8 Å². The summed E-state index contributed by atoms with van der Waals surface area (Å²) >= 11 is 3.42. The number of aldehydes is 1. The number of carbonyl (C=O) groups is 2. The van der Waals surface area contributed by atoms with Gasteiger partial charge in [0.25, 0.3) is 0 Å². The summed E-state index contributed by atoms with van der Waals surface area (Å²) in [5.41, 5.74) is 2.93. The molecule has 7 nitrogen and oxygen atoms in total. The summed E-state index contributed by atoms with van der Waals surface area (Å²) < 4.78 is 25.8. The summed E-state index contributed by atoms with van der Waals surface area (Å²) in [5.74, 6) is 0.170. The highest BCUT2D eigenvalue weighted by molar-refractivity contribution is 7.81. The Hall–Kier alpha value is -2.81. The van der Waals surface area contributed by atoms with Crippen LogP contribution in [0, 0.1) is 0 Å². The average Bonchev–Trinajstić information content (AvgIpc) is 3.06. The number of nitrogens with zero attached hydrogens (tertiary/aromatic N) is 3. The zero-order valence-electron chi connectivity index (χ0n) is 17.8. The maximum Gasteiger partial charge on any atom is 0.235 e. The highest BCUT2D eigenvalue weighted by atomic mass is 35.5. The van der Waals surface area contributed by atoms with Crippen LogP contribution in [-0.4, -0.2) is 30.5 Å². The maximum absolute atomic E-state index is 11.9. The first kappa shape index (κ1) is 23.8. The van der Waals surface area contributed by atoms with Crippen molar-refractivity contribution in [2.75, 3.05) is 4.31 Å². The maximum atomic E-state index is 11.9. The Morgan fingerprint density at radius 1 is 1.22 bits per heavy atom. The molecule has 9 heteroatoms. The molecule has 0 aliphatic carbocycles. The Balaban J connectivity index is 1.94. The van der Waals surface area contributed by atoms with Crippen molar-refractivity contribution in [1.82, 2.24) is 9.55 Å². The molecule has 1 heterocycles. The van der Waals surface area contributed by atoms with Gasteiger partial charge in [0.2, 0.25) is 5.91 Å². The van der Waals surface area contributed by atoms with E-state index in [9.17, 15) is 18.4 Å². The Morgan fingerprint density at radius 2 is 1.91 bits per heavy atom. The minimum absolute atomic E-state index is 0.201. The second-order valence-corrected chi connectivity index (χ2v) is 8.41. The van der Waals surface area contributed by atoms with Gasteiger partial charge in [-0.25, -0.2) is 9.29 Å². The Labute approximate surface area is 194 Å². The lowest BCUT2D eigenvalue weighted by molar-refractivity contribution is -0.115. The number of hydrogen-bond donors (Lipinski definition) is 0. The van der Waals surface area contributed by atoms with Crippen LogP contribution in [0.5, 0.6) is 0 Å². The van der Waals surface area contributed by atoms with Gasteiger partial charge < -0.3 is 9.12 Å². The van der Waals surface area contributed by atoms with Gasteiger partial charge in [-0.15, -0.1) is 0 Å². The molecule has 1 unspecified atom stereocenters. The highest BCUT2D eigenvalue weighted by Crippen LogP contribution is 2.32. The molecule has 0 spiro atoms. The number of benzene rings is 2. The third kappa shape index (κ3) is 5.15. The van der Waals surface area contributed by atoms with E-state index in [0.717, 1.165) is 46.8 Å². The van der Waals surface area contributed by atoms with Crippen molar-refractivity contribution in [3.63, 3.8) is 0 Å². The summed E-state index contributed by atoms with van der Waals surface area (Å²) in [6, 6.07) is 14.3. The molecule has 168 valence electrons. The largest absolute Gasteiger partial charge is 0.755 e. The molecular weight excluding hydrogens is 450 g/mol. The van der Waals surface area contributed by atoms with Gasteiger partial charge in [0, 0.05) is 25.5 Å². The van der Waals surface area contributed by atoms with Crippen molar-refractivity contribution in [2.24, 2.45) is 0 Å². The van der Waals surface area contributed by atoms with Gasteiger partial charge in [-0.1, -0.05) is 67.4 Å². The van der Waals surface area contributed by atoms with Gasteiger partial charge in [-0.2, -0.15) is 0 Å². The van der Waals surface area contributed by atoms with Crippen molar-refractivity contribution in [3.8, 4) is 11.1 Å². The van der Waals surface area contributed by atoms with Crippen LogP contribution in [-0.2, 0) is 29.0 Å². The SMILES string of the molecule is CCCCc1nc(Cl)c(C=O)n1Cc1ccc(-c2ccccc2N(C(C)=O)S(=O)[O-])cc1. The number of carbonyl (C=O) groups excluding carboxylic acids is 2. The lowest BCUT2D eigenvalue weighted by Crippen LogP contribution is -2.30. The van der Waals surface area contributed by atoms with Gasteiger partial charge in [-0.05, 0) is 23.6 Å². The molecule has 2 aromatic carbocycles. The summed E-state index contributed by atoms with van der Waals surface area (Å²) in [4.78, 5) is 27.8. The van der Waals surface area contributed by atoms with Crippen LogP contribution in [0.15, 0.2) is 48.5 Å². The number of imidazole rings is 1. The number of anilines is 1. The first-order chi connectivity index (χ1) is 15.4. The lowest BCUT2D eigenvalue weighted by Gasteiger charge is -2.25. The molecule has 32 heavy (non-hydrogen) atoms.